The standard InChI is InChI=1S/C21H20FN3OS/c22-18-8-6-17(7-9-18)19-20(27-24-23-19)21(26)25-12-10-16(11-13-25)14-15-4-2-1-3-5-15/h1-9,16H,10-14H2. The van der Waals surface area contributed by atoms with E-state index in [2.05, 4.69) is 33.9 Å². The van der Waals surface area contributed by atoms with Crippen molar-refractivity contribution in [3.05, 3.63) is 70.9 Å². The summed E-state index contributed by atoms with van der Waals surface area (Å²) in [6.45, 7) is 1.49. The molecule has 1 amide bonds. The molecule has 1 aromatic heterocycles. The Morgan fingerprint density at radius 3 is 2.48 bits per heavy atom. The normalized spacial score (nSPS) is 15.1. The third-order valence-electron chi connectivity index (χ3n) is 5.07. The lowest BCUT2D eigenvalue weighted by Gasteiger charge is -2.31. The molecule has 1 fully saturated rings. The van der Waals surface area contributed by atoms with E-state index in [1.54, 1.807) is 12.1 Å². The first-order valence-electron chi connectivity index (χ1n) is 9.12. The quantitative estimate of drug-likeness (QED) is 0.671. The zero-order valence-corrected chi connectivity index (χ0v) is 15.7. The number of benzene rings is 2. The Balaban J connectivity index is 1.42. The Morgan fingerprint density at radius 1 is 1.07 bits per heavy atom. The van der Waals surface area contributed by atoms with Crippen LogP contribution in [0.5, 0.6) is 0 Å². The number of halogens is 1. The SMILES string of the molecule is O=C(c1snnc1-c1ccc(F)cc1)N1CCC(Cc2ccccc2)CC1. The molecule has 6 heteroatoms. The second-order valence-electron chi connectivity index (χ2n) is 6.88. The van der Waals surface area contributed by atoms with Gasteiger partial charge in [0.05, 0.1) is 0 Å². The summed E-state index contributed by atoms with van der Waals surface area (Å²) >= 11 is 1.11. The average molecular weight is 381 g/mol. The maximum atomic E-state index is 13.2. The third-order valence-corrected chi connectivity index (χ3v) is 5.78. The molecule has 0 aliphatic carbocycles. The van der Waals surface area contributed by atoms with Gasteiger partial charge in [0.1, 0.15) is 16.4 Å². The van der Waals surface area contributed by atoms with Gasteiger partial charge in [-0.2, -0.15) is 0 Å². The Bertz CT molecular complexity index is 903. The molecule has 0 unspecified atom stereocenters. The van der Waals surface area contributed by atoms with E-state index in [4.69, 9.17) is 0 Å². The van der Waals surface area contributed by atoms with Gasteiger partial charge >= 0.3 is 0 Å². The molecular weight excluding hydrogens is 361 g/mol. The highest BCUT2D eigenvalue weighted by atomic mass is 32.1. The number of hydrogen-bond donors (Lipinski definition) is 0. The molecule has 1 aliphatic rings. The van der Waals surface area contributed by atoms with E-state index in [0.29, 0.717) is 22.1 Å². The van der Waals surface area contributed by atoms with Crippen LogP contribution < -0.4 is 0 Å². The minimum atomic E-state index is -0.310. The van der Waals surface area contributed by atoms with Gasteiger partial charge in [-0.1, -0.05) is 34.8 Å². The van der Waals surface area contributed by atoms with Gasteiger partial charge in [0, 0.05) is 18.7 Å². The highest BCUT2D eigenvalue weighted by Gasteiger charge is 2.27. The van der Waals surface area contributed by atoms with Gasteiger partial charge in [0.15, 0.2) is 0 Å². The van der Waals surface area contributed by atoms with Crippen LogP contribution in [0.3, 0.4) is 0 Å². The van der Waals surface area contributed by atoms with Crippen LogP contribution in [0.15, 0.2) is 54.6 Å². The maximum Gasteiger partial charge on any atom is 0.267 e. The number of rotatable bonds is 4. The number of hydrogen-bond acceptors (Lipinski definition) is 4. The molecule has 2 aromatic carbocycles. The molecule has 4 nitrogen and oxygen atoms in total. The van der Waals surface area contributed by atoms with Crippen LogP contribution in [-0.4, -0.2) is 33.5 Å². The van der Waals surface area contributed by atoms with Crippen molar-refractivity contribution in [3.63, 3.8) is 0 Å². The molecule has 0 N–H and O–H groups in total. The zero-order chi connectivity index (χ0) is 18.6. The van der Waals surface area contributed by atoms with Crippen LogP contribution in [0, 0.1) is 11.7 Å². The van der Waals surface area contributed by atoms with E-state index in [1.165, 1.54) is 17.7 Å². The number of likely N-dealkylation sites (tertiary alicyclic amines) is 1. The molecule has 0 atom stereocenters. The van der Waals surface area contributed by atoms with Gasteiger partial charge in [-0.15, -0.1) is 5.10 Å². The molecule has 1 aliphatic heterocycles. The van der Waals surface area contributed by atoms with Gasteiger partial charge in [0.25, 0.3) is 5.91 Å². The van der Waals surface area contributed by atoms with Crippen molar-refractivity contribution in [1.82, 2.24) is 14.5 Å². The fourth-order valence-electron chi connectivity index (χ4n) is 3.56. The van der Waals surface area contributed by atoms with Crippen LogP contribution in [-0.2, 0) is 6.42 Å². The van der Waals surface area contributed by atoms with Gasteiger partial charge < -0.3 is 4.90 Å². The molecule has 4 rings (SSSR count). The van der Waals surface area contributed by atoms with E-state index in [9.17, 15) is 9.18 Å². The lowest BCUT2D eigenvalue weighted by Crippen LogP contribution is -2.38. The van der Waals surface area contributed by atoms with Crippen LogP contribution >= 0.6 is 11.5 Å². The number of nitrogens with zero attached hydrogens (tertiary/aromatic N) is 3. The van der Waals surface area contributed by atoms with Crippen molar-refractivity contribution in [2.75, 3.05) is 13.1 Å². The third kappa shape index (κ3) is 4.06. The molecule has 0 radical (unpaired) electrons. The minimum absolute atomic E-state index is 0.0255. The molecule has 3 aromatic rings. The lowest BCUT2D eigenvalue weighted by atomic mass is 9.90. The van der Waals surface area contributed by atoms with E-state index in [-0.39, 0.29) is 11.7 Å². The summed E-state index contributed by atoms with van der Waals surface area (Å²) in [5.41, 5.74) is 2.61. The molecule has 27 heavy (non-hydrogen) atoms. The van der Waals surface area contributed by atoms with Crippen LogP contribution in [0.25, 0.3) is 11.3 Å². The number of carbonyl (C=O) groups excluding carboxylic acids is 1. The average Bonchev–Trinajstić information content (AvgIpc) is 3.19. The molecule has 0 bridgehead atoms. The Morgan fingerprint density at radius 2 is 1.78 bits per heavy atom. The fraction of sp³-hybridized carbons (Fsp3) is 0.286. The topological polar surface area (TPSA) is 46.1 Å². The number of aromatic nitrogens is 2. The van der Waals surface area contributed by atoms with Gasteiger partial charge in [0.2, 0.25) is 0 Å². The first-order chi connectivity index (χ1) is 13.2. The van der Waals surface area contributed by atoms with Crippen molar-refractivity contribution < 1.29 is 9.18 Å². The van der Waals surface area contributed by atoms with Gasteiger partial charge in [-0.3, -0.25) is 4.79 Å². The summed E-state index contributed by atoms with van der Waals surface area (Å²) < 4.78 is 17.1. The molecular formula is C21H20FN3OS. The smallest absolute Gasteiger partial charge is 0.267 e. The van der Waals surface area contributed by atoms with E-state index < -0.39 is 0 Å². The summed E-state index contributed by atoms with van der Waals surface area (Å²) in [6, 6.07) is 16.5. The second kappa shape index (κ2) is 7.96. The Hall–Kier alpha value is -2.60. The monoisotopic (exact) mass is 381 g/mol. The van der Waals surface area contributed by atoms with Crippen LogP contribution in [0.1, 0.15) is 28.1 Å². The van der Waals surface area contributed by atoms with Gasteiger partial charge in [-0.05, 0) is 66.5 Å². The first-order valence-corrected chi connectivity index (χ1v) is 9.89. The van der Waals surface area contributed by atoms with E-state index in [0.717, 1.165) is 43.9 Å². The van der Waals surface area contributed by atoms with Crippen molar-refractivity contribution in [1.29, 1.82) is 0 Å². The van der Waals surface area contributed by atoms with Gasteiger partial charge in [-0.25, -0.2) is 4.39 Å². The van der Waals surface area contributed by atoms with Crippen molar-refractivity contribution >= 4 is 17.4 Å². The van der Waals surface area contributed by atoms with Crippen LogP contribution in [0.4, 0.5) is 4.39 Å². The van der Waals surface area contributed by atoms with Crippen molar-refractivity contribution in [2.24, 2.45) is 5.92 Å². The summed E-state index contributed by atoms with van der Waals surface area (Å²) in [6.07, 6.45) is 3.06. The minimum Gasteiger partial charge on any atom is -0.338 e. The molecule has 138 valence electrons. The molecule has 0 spiro atoms. The highest BCUT2D eigenvalue weighted by Crippen LogP contribution is 2.28. The number of amides is 1. The molecule has 0 saturated carbocycles. The Kier molecular flexibility index (Phi) is 5.25. The van der Waals surface area contributed by atoms with E-state index >= 15 is 0 Å². The maximum absolute atomic E-state index is 13.2. The summed E-state index contributed by atoms with van der Waals surface area (Å²) in [7, 11) is 0. The van der Waals surface area contributed by atoms with Crippen molar-refractivity contribution in [3.8, 4) is 11.3 Å². The highest BCUT2D eigenvalue weighted by molar-refractivity contribution is 7.08. The fourth-order valence-corrected chi connectivity index (χ4v) is 4.22. The van der Waals surface area contributed by atoms with Crippen molar-refractivity contribution in [2.45, 2.75) is 19.3 Å². The van der Waals surface area contributed by atoms with E-state index in [1.807, 2.05) is 11.0 Å². The summed E-state index contributed by atoms with van der Waals surface area (Å²) in [5.74, 6) is 0.269. The number of carbonyl (C=O) groups is 1. The molecule has 1 saturated heterocycles. The summed E-state index contributed by atoms with van der Waals surface area (Å²) in [5, 5.41) is 4.10. The number of piperidine rings is 1. The predicted octanol–water partition coefficient (Wildman–Crippen LogP) is 4.44. The lowest BCUT2D eigenvalue weighted by molar-refractivity contribution is 0.0696. The summed E-state index contributed by atoms with van der Waals surface area (Å²) in [4.78, 5) is 15.4. The first kappa shape index (κ1) is 17.8. The largest absolute Gasteiger partial charge is 0.338 e. The molecule has 2 heterocycles. The second-order valence-corrected chi connectivity index (χ2v) is 7.64. The predicted molar refractivity (Wildman–Crippen MR) is 104 cm³/mol. The zero-order valence-electron chi connectivity index (χ0n) is 14.8. The van der Waals surface area contributed by atoms with Crippen LogP contribution in [0.2, 0.25) is 0 Å². The Labute approximate surface area is 161 Å².